The lowest BCUT2D eigenvalue weighted by Crippen LogP contribution is -2.71. The van der Waals surface area contributed by atoms with Crippen LogP contribution < -0.4 is 0 Å². The van der Waals surface area contributed by atoms with Gasteiger partial charge in [-0.3, -0.25) is 4.79 Å². The zero-order valence-electron chi connectivity index (χ0n) is 24.7. The summed E-state index contributed by atoms with van der Waals surface area (Å²) in [6.45, 7) is 11.3. The van der Waals surface area contributed by atoms with Crippen molar-refractivity contribution in [1.82, 2.24) is 0 Å². The van der Waals surface area contributed by atoms with Crippen LogP contribution in [-0.2, 0) is 19.1 Å². The molecule has 13 atom stereocenters. The number of hydrogen-bond donors (Lipinski definition) is 2. The second kappa shape index (κ2) is 8.64. The van der Waals surface area contributed by atoms with E-state index in [0.717, 1.165) is 12.5 Å². The Kier molecular flexibility index (Phi) is 6.07. The molecule has 0 aromatic heterocycles. The van der Waals surface area contributed by atoms with Crippen LogP contribution in [-0.4, -0.2) is 57.8 Å². The highest BCUT2D eigenvalue weighted by Gasteiger charge is 2.78. The van der Waals surface area contributed by atoms with E-state index in [1.54, 1.807) is 13.8 Å². The standard InChI is InChI=1S/C32H42F2O7/c1-15-9-20-21-13-23(33)22-12-18(35)7-8-29(22,5)31(21,34)25(36)14-30(20,6)32(15,26(37)38)41-27(39)40-24-11-17-10-19(16(24)2)28(17,3)4/h7-8,12,15-17,19-21,23-25,36H,9-11,13-14H2,1-6H3,(H,37,38)/t15-,16-,17+,19-,20+,21+,23+,24-,25+,29+,30+,31+,32+/m1/s1. The molecular weight excluding hydrogens is 534 g/mol. The van der Waals surface area contributed by atoms with Crippen molar-refractivity contribution in [2.45, 2.75) is 103 Å². The van der Waals surface area contributed by atoms with Crippen molar-refractivity contribution in [2.24, 2.45) is 51.8 Å². The van der Waals surface area contributed by atoms with E-state index in [1.165, 1.54) is 19.1 Å². The number of ether oxygens (including phenoxy) is 2. The number of rotatable bonds is 3. The molecule has 0 aromatic rings. The van der Waals surface area contributed by atoms with Gasteiger partial charge in [0.1, 0.15) is 12.3 Å². The van der Waals surface area contributed by atoms with Gasteiger partial charge in [-0.15, -0.1) is 0 Å². The van der Waals surface area contributed by atoms with E-state index in [4.69, 9.17) is 9.47 Å². The zero-order valence-corrected chi connectivity index (χ0v) is 24.7. The van der Waals surface area contributed by atoms with Crippen LogP contribution >= 0.6 is 0 Å². The van der Waals surface area contributed by atoms with Crippen LogP contribution in [0.25, 0.3) is 0 Å². The summed E-state index contributed by atoms with van der Waals surface area (Å²) in [5, 5.41) is 22.2. The monoisotopic (exact) mass is 576 g/mol. The SMILES string of the molecule is C[C@@H]1[C@H]2C[C@@H](C[C@H]1OC(=O)O[C@]1(C(=O)O)[C@H](C)C[C@H]3[C@@H]4C[C@H](F)C5=CC(=O)C=C[C@]5(C)[C@@]4(F)[C@@H](O)C[C@@]31C)C2(C)C. The molecule has 6 fully saturated rings. The average molecular weight is 577 g/mol. The summed E-state index contributed by atoms with van der Waals surface area (Å²) in [5.74, 6) is -3.43. The predicted molar refractivity (Wildman–Crippen MR) is 144 cm³/mol. The van der Waals surface area contributed by atoms with Crippen LogP contribution in [0.5, 0.6) is 0 Å². The number of carboxylic acids is 1. The fourth-order valence-electron chi connectivity index (χ4n) is 10.8. The van der Waals surface area contributed by atoms with Gasteiger partial charge in [0.2, 0.25) is 5.60 Å². The number of aliphatic hydroxyl groups excluding tert-OH is 1. The average Bonchev–Trinajstić information content (AvgIpc) is 3.10. The molecular formula is C32H42F2O7. The maximum Gasteiger partial charge on any atom is 0.509 e. The third kappa shape index (κ3) is 3.36. The van der Waals surface area contributed by atoms with E-state index >= 15 is 8.78 Å². The van der Waals surface area contributed by atoms with E-state index < -0.39 is 76.1 Å². The van der Waals surface area contributed by atoms with E-state index in [1.807, 2.05) is 6.92 Å². The lowest BCUT2D eigenvalue weighted by Gasteiger charge is -2.63. The molecule has 0 saturated heterocycles. The van der Waals surface area contributed by atoms with Gasteiger partial charge in [0, 0.05) is 22.7 Å². The van der Waals surface area contributed by atoms with Crippen LogP contribution in [0.15, 0.2) is 23.8 Å². The summed E-state index contributed by atoms with van der Waals surface area (Å²) in [4.78, 5) is 38.6. The first-order valence-electron chi connectivity index (χ1n) is 15.0. The van der Waals surface area contributed by atoms with Crippen molar-refractivity contribution in [2.75, 3.05) is 0 Å². The van der Waals surface area contributed by atoms with Gasteiger partial charge in [0.15, 0.2) is 11.5 Å². The van der Waals surface area contributed by atoms with E-state index in [0.29, 0.717) is 18.3 Å². The van der Waals surface area contributed by atoms with Gasteiger partial charge in [-0.25, -0.2) is 18.4 Å². The number of allylic oxidation sites excluding steroid dienone is 4. The number of aliphatic carboxylic acids is 1. The molecule has 6 saturated carbocycles. The van der Waals surface area contributed by atoms with Crippen LogP contribution in [0.4, 0.5) is 13.6 Å². The summed E-state index contributed by atoms with van der Waals surface area (Å²) in [5.41, 5.74) is -7.24. The van der Waals surface area contributed by atoms with Crippen molar-refractivity contribution in [3.8, 4) is 0 Å². The second-order valence-corrected chi connectivity index (χ2v) is 15.0. The Balaban J connectivity index is 1.32. The van der Waals surface area contributed by atoms with E-state index in [2.05, 4.69) is 13.8 Å². The molecule has 0 aromatic carbocycles. The third-order valence-corrected chi connectivity index (χ3v) is 13.3. The number of hydrogen-bond acceptors (Lipinski definition) is 6. The van der Waals surface area contributed by atoms with Gasteiger partial charge in [0.05, 0.1) is 6.10 Å². The number of halogens is 2. The molecule has 9 heteroatoms. The maximum absolute atomic E-state index is 17.4. The zero-order chi connectivity index (χ0) is 30.1. The molecule has 0 heterocycles. The van der Waals surface area contributed by atoms with Gasteiger partial charge < -0.3 is 19.7 Å². The number of carboxylic acid groups (broad SMARTS) is 1. The largest absolute Gasteiger partial charge is 0.509 e. The number of carbonyl (C=O) groups is 3. The summed E-state index contributed by atoms with van der Waals surface area (Å²) < 4.78 is 44.8. The Morgan fingerprint density at radius 2 is 1.71 bits per heavy atom. The summed E-state index contributed by atoms with van der Waals surface area (Å²) >= 11 is 0. The third-order valence-electron chi connectivity index (χ3n) is 13.3. The Labute approximate surface area is 239 Å². The van der Waals surface area contributed by atoms with Gasteiger partial charge in [-0.05, 0) is 85.8 Å². The molecule has 0 unspecified atom stereocenters. The molecule has 41 heavy (non-hydrogen) atoms. The predicted octanol–water partition coefficient (Wildman–Crippen LogP) is 5.60. The summed E-state index contributed by atoms with van der Waals surface area (Å²) in [6, 6.07) is 0. The first kappa shape index (κ1) is 28.8. The Morgan fingerprint density at radius 3 is 2.32 bits per heavy atom. The first-order chi connectivity index (χ1) is 18.9. The molecule has 0 amide bonds. The number of fused-ring (bicyclic) bond motifs is 7. The minimum atomic E-state index is -2.34. The topological polar surface area (TPSA) is 110 Å². The fraction of sp³-hybridized carbons (Fsp3) is 0.781. The highest BCUT2D eigenvalue weighted by molar-refractivity contribution is 6.01. The van der Waals surface area contributed by atoms with Crippen molar-refractivity contribution < 1.29 is 42.9 Å². The van der Waals surface area contributed by atoms with Crippen LogP contribution in [0.2, 0.25) is 0 Å². The Hall–Kier alpha value is -2.29. The lowest BCUT2D eigenvalue weighted by atomic mass is 9.44. The van der Waals surface area contributed by atoms with Gasteiger partial charge in [-0.1, -0.05) is 40.7 Å². The molecule has 2 N–H and O–H groups in total. The maximum atomic E-state index is 17.4. The highest BCUT2D eigenvalue weighted by atomic mass is 19.1. The highest BCUT2D eigenvalue weighted by Crippen LogP contribution is 2.71. The van der Waals surface area contributed by atoms with Crippen LogP contribution in [0.1, 0.15) is 73.6 Å². The molecule has 226 valence electrons. The molecule has 2 bridgehead atoms. The summed E-state index contributed by atoms with van der Waals surface area (Å²) in [7, 11) is 0. The molecule has 7 rings (SSSR count). The van der Waals surface area contributed by atoms with Crippen LogP contribution in [0, 0.1) is 51.8 Å². The molecule has 0 radical (unpaired) electrons. The Bertz CT molecular complexity index is 1260. The van der Waals surface area contributed by atoms with Crippen molar-refractivity contribution in [3.05, 3.63) is 23.8 Å². The number of alkyl halides is 2. The quantitative estimate of drug-likeness (QED) is 0.421. The molecule has 7 aliphatic rings. The molecule has 0 spiro atoms. The number of carbonyl (C=O) groups excluding carboxylic acids is 2. The molecule has 7 aliphatic carbocycles. The molecule has 0 aliphatic heterocycles. The smallest absolute Gasteiger partial charge is 0.478 e. The second-order valence-electron chi connectivity index (χ2n) is 15.0. The Morgan fingerprint density at radius 1 is 1.02 bits per heavy atom. The van der Waals surface area contributed by atoms with Crippen molar-refractivity contribution >= 4 is 17.9 Å². The minimum absolute atomic E-state index is 0.00426. The molecule has 7 nitrogen and oxygen atoms in total. The van der Waals surface area contributed by atoms with E-state index in [9.17, 15) is 24.6 Å². The van der Waals surface area contributed by atoms with E-state index in [-0.39, 0.29) is 36.2 Å². The summed E-state index contributed by atoms with van der Waals surface area (Å²) in [6.07, 6.45) is 0.208. The van der Waals surface area contributed by atoms with Crippen molar-refractivity contribution in [3.63, 3.8) is 0 Å². The van der Waals surface area contributed by atoms with Gasteiger partial charge >= 0.3 is 12.1 Å². The normalized spacial score (nSPS) is 52.8. The number of aliphatic hydroxyl groups is 1. The van der Waals surface area contributed by atoms with Crippen molar-refractivity contribution in [1.29, 1.82) is 0 Å². The fourth-order valence-corrected chi connectivity index (χ4v) is 10.8. The first-order valence-corrected chi connectivity index (χ1v) is 15.0. The van der Waals surface area contributed by atoms with Gasteiger partial charge in [-0.2, -0.15) is 0 Å². The van der Waals surface area contributed by atoms with Crippen LogP contribution in [0.3, 0.4) is 0 Å². The number of ketones is 1. The van der Waals surface area contributed by atoms with Gasteiger partial charge in [0.25, 0.3) is 0 Å². The lowest BCUT2D eigenvalue weighted by molar-refractivity contribution is -0.234. The minimum Gasteiger partial charge on any atom is -0.478 e.